The summed E-state index contributed by atoms with van der Waals surface area (Å²) >= 11 is 3.38. The van der Waals surface area contributed by atoms with Gasteiger partial charge in [-0.2, -0.15) is 5.10 Å². The molecule has 0 bridgehead atoms. The largest absolute Gasteiger partial charge is 0.239 e. The molecule has 14 heavy (non-hydrogen) atoms. The van der Waals surface area contributed by atoms with Crippen LogP contribution >= 0.6 is 15.9 Å². The van der Waals surface area contributed by atoms with Crippen LogP contribution in [0.1, 0.15) is 0 Å². The standard InChI is InChI=1S/C11H7BrN2/c12-11-7-10-9-4-2-1-3-8(9)5-6-14(10)13-11/h1-7H. The minimum Gasteiger partial charge on any atom is -0.239 e. The Kier molecular flexibility index (Phi) is 1.61. The number of benzene rings is 1. The van der Waals surface area contributed by atoms with E-state index in [1.807, 2.05) is 28.9 Å². The van der Waals surface area contributed by atoms with Crippen LogP contribution in [0.2, 0.25) is 0 Å². The van der Waals surface area contributed by atoms with Crippen LogP contribution in [0.5, 0.6) is 0 Å². The number of hydrogen-bond acceptors (Lipinski definition) is 1. The fourth-order valence-corrected chi connectivity index (χ4v) is 2.09. The molecule has 0 fully saturated rings. The summed E-state index contributed by atoms with van der Waals surface area (Å²) in [5.74, 6) is 0. The molecule has 0 aliphatic carbocycles. The van der Waals surface area contributed by atoms with Gasteiger partial charge in [-0.25, -0.2) is 4.52 Å². The molecule has 0 aliphatic heterocycles. The van der Waals surface area contributed by atoms with Crippen LogP contribution in [0.3, 0.4) is 0 Å². The molecule has 0 unspecified atom stereocenters. The van der Waals surface area contributed by atoms with E-state index < -0.39 is 0 Å². The molecular weight excluding hydrogens is 240 g/mol. The predicted octanol–water partition coefficient (Wildman–Crippen LogP) is 3.25. The van der Waals surface area contributed by atoms with Gasteiger partial charge in [-0.15, -0.1) is 0 Å². The van der Waals surface area contributed by atoms with Crippen molar-refractivity contribution in [3.05, 3.63) is 47.2 Å². The molecule has 2 nitrogen and oxygen atoms in total. The van der Waals surface area contributed by atoms with E-state index in [9.17, 15) is 0 Å². The zero-order valence-corrected chi connectivity index (χ0v) is 8.90. The van der Waals surface area contributed by atoms with E-state index in [0.717, 1.165) is 10.1 Å². The normalized spacial score (nSPS) is 11.2. The lowest BCUT2D eigenvalue weighted by Crippen LogP contribution is -1.86. The van der Waals surface area contributed by atoms with E-state index in [1.165, 1.54) is 10.8 Å². The number of halogens is 1. The zero-order valence-electron chi connectivity index (χ0n) is 7.31. The highest BCUT2D eigenvalue weighted by Gasteiger charge is 2.02. The second kappa shape index (κ2) is 2.82. The Bertz CT molecular complexity index is 613. The number of pyridine rings is 1. The van der Waals surface area contributed by atoms with Crippen molar-refractivity contribution in [3.8, 4) is 0 Å². The van der Waals surface area contributed by atoms with Gasteiger partial charge in [0.05, 0.1) is 5.52 Å². The summed E-state index contributed by atoms with van der Waals surface area (Å²) in [4.78, 5) is 0. The second-order valence-electron chi connectivity index (χ2n) is 3.20. The molecule has 0 spiro atoms. The van der Waals surface area contributed by atoms with Gasteiger partial charge in [0.2, 0.25) is 0 Å². The Morgan fingerprint density at radius 3 is 2.93 bits per heavy atom. The molecule has 0 atom stereocenters. The third kappa shape index (κ3) is 1.06. The third-order valence-electron chi connectivity index (χ3n) is 2.34. The van der Waals surface area contributed by atoms with Crippen molar-refractivity contribution in [3.63, 3.8) is 0 Å². The van der Waals surface area contributed by atoms with Gasteiger partial charge in [0.25, 0.3) is 0 Å². The molecule has 3 aromatic rings. The number of fused-ring (bicyclic) bond motifs is 3. The summed E-state index contributed by atoms with van der Waals surface area (Å²) in [5.41, 5.74) is 1.13. The van der Waals surface area contributed by atoms with Crippen LogP contribution in [0.15, 0.2) is 47.2 Å². The molecule has 3 heteroatoms. The van der Waals surface area contributed by atoms with E-state index >= 15 is 0 Å². The maximum atomic E-state index is 4.30. The number of rotatable bonds is 0. The second-order valence-corrected chi connectivity index (χ2v) is 4.01. The summed E-state index contributed by atoms with van der Waals surface area (Å²) in [7, 11) is 0. The van der Waals surface area contributed by atoms with Crippen molar-refractivity contribution >= 4 is 32.2 Å². The molecule has 0 saturated heterocycles. The SMILES string of the molecule is Brc1cc2c3ccccc3ccn2n1. The van der Waals surface area contributed by atoms with Gasteiger partial charge in [0, 0.05) is 11.6 Å². The van der Waals surface area contributed by atoms with Crippen LogP contribution in [0.4, 0.5) is 0 Å². The Hall–Kier alpha value is -1.35. The van der Waals surface area contributed by atoms with E-state index in [-0.39, 0.29) is 0 Å². The van der Waals surface area contributed by atoms with E-state index in [1.54, 1.807) is 0 Å². The zero-order chi connectivity index (χ0) is 9.54. The topological polar surface area (TPSA) is 17.3 Å². The molecule has 0 amide bonds. The first-order chi connectivity index (χ1) is 6.84. The van der Waals surface area contributed by atoms with Gasteiger partial charge >= 0.3 is 0 Å². The lowest BCUT2D eigenvalue weighted by molar-refractivity contribution is 0.952. The molecule has 0 radical (unpaired) electrons. The van der Waals surface area contributed by atoms with Crippen LogP contribution < -0.4 is 0 Å². The third-order valence-corrected chi connectivity index (χ3v) is 2.73. The highest BCUT2D eigenvalue weighted by molar-refractivity contribution is 9.10. The van der Waals surface area contributed by atoms with Crippen molar-refractivity contribution in [1.29, 1.82) is 0 Å². The first-order valence-electron chi connectivity index (χ1n) is 4.37. The first kappa shape index (κ1) is 8.00. The fourth-order valence-electron chi connectivity index (χ4n) is 1.71. The van der Waals surface area contributed by atoms with Crippen molar-refractivity contribution < 1.29 is 0 Å². The molecule has 68 valence electrons. The van der Waals surface area contributed by atoms with Gasteiger partial charge in [-0.05, 0) is 33.4 Å². The maximum Gasteiger partial charge on any atom is 0.129 e. The van der Waals surface area contributed by atoms with E-state index in [0.29, 0.717) is 0 Å². The Labute approximate surface area is 89.3 Å². The van der Waals surface area contributed by atoms with Gasteiger partial charge in [-0.1, -0.05) is 24.3 Å². The van der Waals surface area contributed by atoms with E-state index in [2.05, 4.69) is 39.2 Å². The average molecular weight is 247 g/mol. The van der Waals surface area contributed by atoms with Crippen molar-refractivity contribution in [2.45, 2.75) is 0 Å². The number of nitrogens with zero attached hydrogens (tertiary/aromatic N) is 2. The first-order valence-corrected chi connectivity index (χ1v) is 5.16. The molecule has 2 heterocycles. The fraction of sp³-hybridized carbons (Fsp3) is 0. The molecular formula is C11H7BrN2. The molecule has 0 N–H and O–H groups in total. The minimum absolute atomic E-state index is 0.869. The molecule has 0 saturated carbocycles. The van der Waals surface area contributed by atoms with Crippen molar-refractivity contribution in [2.24, 2.45) is 0 Å². The van der Waals surface area contributed by atoms with Crippen LogP contribution in [-0.4, -0.2) is 9.61 Å². The van der Waals surface area contributed by atoms with Gasteiger partial charge in [0.15, 0.2) is 0 Å². The summed E-state index contributed by atoms with van der Waals surface area (Å²) in [6.07, 6.45) is 1.97. The molecule has 1 aromatic carbocycles. The van der Waals surface area contributed by atoms with Crippen molar-refractivity contribution in [1.82, 2.24) is 9.61 Å². The smallest absolute Gasteiger partial charge is 0.129 e. The van der Waals surface area contributed by atoms with Gasteiger partial charge in [-0.3, -0.25) is 0 Å². The van der Waals surface area contributed by atoms with Crippen LogP contribution in [0.25, 0.3) is 16.3 Å². The summed E-state index contributed by atoms with van der Waals surface area (Å²) in [6, 6.07) is 12.4. The van der Waals surface area contributed by atoms with E-state index in [4.69, 9.17) is 0 Å². The lowest BCUT2D eigenvalue weighted by Gasteiger charge is -1.98. The van der Waals surface area contributed by atoms with Crippen LogP contribution in [-0.2, 0) is 0 Å². The highest BCUT2D eigenvalue weighted by Crippen LogP contribution is 2.21. The minimum atomic E-state index is 0.869. The molecule has 2 aromatic heterocycles. The van der Waals surface area contributed by atoms with Crippen molar-refractivity contribution in [2.75, 3.05) is 0 Å². The molecule has 0 aliphatic rings. The Morgan fingerprint density at radius 2 is 2.00 bits per heavy atom. The quantitative estimate of drug-likeness (QED) is 0.596. The highest BCUT2D eigenvalue weighted by atomic mass is 79.9. The monoisotopic (exact) mass is 246 g/mol. The summed E-state index contributed by atoms with van der Waals surface area (Å²) in [5, 5.41) is 6.77. The maximum absolute atomic E-state index is 4.30. The average Bonchev–Trinajstić information content (AvgIpc) is 2.59. The summed E-state index contributed by atoms with van der Waals surface area (Å²) in [6.45, 7) is 0. The predicted molar refractivity (Wildman–Crippen MR) is 60.4 cm³/mol. The van der Waals surface area contributed by atoms with Crippen LogP contribution in [0, 0.1) is 0 Å². The van der Waals surface area contributed by atoms with Gasteiger partial charge in [0.1, 0.15) is 4.60 Å². The number of hydrogen-bond donors (Lipinski definition) is 0. The summed E-state index contributed by atoms with van der Waals surface area (Å²) < 4.78 is 2.75. The van der Waals surface area contributed by atoms with Gasteiger partial charge < -0.3 is 0 Å². The Balaban J connectivity index is 2.60. The lowest BCUT2D eigenvalue weighted by atomic mass is 10.1. The molecule has 3 rings (SSSR count). The number of aromatic nitrogens is 2. The Morgan fingerprint density at radius 1 is 1.14 bits per heavy atom.